The molecule has 57 heavy (non-hydrogen) atoms. The van der Waals surface area contributed by atoms with Gasteiger partial charge in [-0.15, -0.1) is 0 Å². The minimum atomic E-state index is -5.34. The van der Waals surface area contributed by atoms with Crippen molar-refractivity contribution < 1.29 is 69.8 Å². The average Bonchev–Trinajstić information content (AvgIpc) is 3.05. The Morgan fingerprint density at radius 3 is 1.28 bits per heavy atom. The molecule has 4 aromatic carbocycles. The van der Waals surface area contributed by atoms with Crippen LogP contribution in [0.25, 0.3) is 0 Å². The monoisotopic (exact) mass is 890 g/mol. The smallest absolute Gasteiger partial charge is 0.298 e. The van der Waals surface area contributed by atoms with Crippen molar-refractivity contribution >= 4 is 50.3 Å². The lowest BCUT2D eigenvalue weighted by Crippen LogP contribution is -2.25. The van der Waals surface area contributed by atoms with Crippen LogP contribution in [-0.4, -0.2) is 65.9 Å². The molecule has 4 aromatic rings. The maximum Gasteiger partial charge on any atom is 0.298 e. The number of hydrogen-bond donors (Lipinski definition) is 4. The fraction of sp³-hybridized carbons (Fsp3) is 0.333. The fourth-order valence-electron chi connectivity index (χ4n) is 5.69. The number of hydrogen-bond acceptors (Lipinski definition) is 12. The Kier molecular flexibility index (Phi) is 12.1. The van der Waals surface area contributed by atoms with Gasteiger partial charge in [-0.1, -0.05) is 52.8 Å². The third kappa shape index (κ3) is 10.0. The van der Waals surface area contributed by atoms with Crippen LogP contribution in [0.3, 0.4) is 0 Å². The SMILES string of the molecule is CCC(C)(C)c1ccc(S(=O)(=O)c2ccc(Oc3ccc(C(C)(C)c4ccc(OC(C)(C)C)c(S(=O)(=O)O)c4)cc3S(=O)(=O)O)c(S(=O)(=O)O)c2)cc1S(=O)(=O)O. The van der Waals surface area contributed by atoms with E-state index in [1.807, 2.05) is 0 Å². The third-order valence-electron chi connectivity index (χ3n) is 9.18. The van der Waals surface area contributed by atoms with Crippen LogP contribution in [0.5, 0.6) is 17.2 Å². The highest BCUT2D eigenvalue weighted by molar-refractivity contribution is 7.91. The van der Waals surface area contributed by atoms with Crippen LogP contribution in [0.2, 0.25) is 0 Å². The molecule has 0 saturated carbocycles. The molecule has 312 valence electrons. The molecule has 0 amide bonds. The Bertz CT molecular complexity index is 2820. The van der Waals surface area contributed by atoms with Gasteiger partial charge in [-0.2, -0.15) is 33.7 Å². The van der Waals surface area contributed by atoms with Crippen LogP contribution < -0.4 is 9.47 Å². The maximum atomic E-state index is 13.7. The van der Waals surface area contributed by atoms with Crippen molar-refractivity contribution in [3.8, 4) is 17.2 Å². The summed E-state index contributed by atoms with van der Waals surface area (Å²) in [4.78, 5) is -4.78. The summed E-state index contributed by atoms with van der Waals surface area (Å²) in [6.07, 6.45) is 0.403. The first-order valence-electron chi connectivity index (χ1n) is 16.7. The van der Waals surface area contributed by atoms with E-state index in [2.05, 4.69) is 0 Å². The molecule has 0 saturated heterocycles. The Labute approximate surface area is 332 Å². The first kappa shape index (κ1) is 45.8. The fourth-order valence-corrected chi connectivity index (χ4v) is 9.97. The number of ether oxygens (including phenoxy) is 2. The summed E-state index contributed by atoms with van der Waals surface area (Å²) in [7, 11) is -25.1. The molecule has 0 unspecified atom stereocenters. The summed E-state index contributed by atoms with van der Waals surface area (Å²) >= 11 is 0. The Morgan fingerprint density at radius 1 is 0.491 bits per heavy atom. The topological polar surface area (TPSA) is 270 Å². The van der Waals surface area contributed by atoms with Gasteiger partial charge in [0.05, 0.1) is 14.7 Å². The van der Waals surface area contributed by atoms with Gasteiger partial charge in [0.15, 0.2) is 0 Å². The van der Waals surface area contributed by atoms with E-state index in [0.717, 1.165) is 36.4 Å². The summed E-state index contributed by atoms with van der Waals surface area (Å²) in [5.74, 6) is -1.63. The highest BCUT2D eigenvalue weighted by atomic mass is 32.2. The maximum absolute atomic E-state index is 13.7. The predicted octanol–water partition coefficient (Wildman–Crippen LogP) is 6.49. The zero-order valence-electron chi connectivity index (χ0n) is 31.9. The molecule has 16 nitrogen and oxygen atoms in total. The summed E-state index contributed by atoms with van der Waals surface area (Å²) < 4.78 is 179. The van der Waals surface area contributed by atoms with Gasteiger partial charge in [0.25, 0.3) is 40.5 Å². The highest BCUT2D eigenvalue weighted by Crippen LogP contribution is 2.41. The van der Waals surface area contributed by atoms with Gasteiger partial charge in [-0.3, -0.25) is 18.2 Å². The molecular formula is C36H42O16S5. The van der Waals surface area contributed by atoms with Crippen LogP contribution in [-0.2, 0) is 61.1 Å². The molecule has 21 heteroatoms. The second-order valence-corrected chi connectivity index (χ2v) is 22.7. The average molecular weight is 891 g/mol. The van der Waals surface area contributed by atoms with E-state index >= 15 is 0 Å². The van der Waals surface area contributed by atoms with E-state index in [9.17, 15) is 60.3 Å². The lowest BCUT2D eigenvalue weighted by Gasteiger charge is -2.29. The van der Waals surface area contributed by atoms with Gasteiger partial charge in [0.1, 0.15) is 37.5 Å². The number of rotatable bonds is 13. The molecule has 0 atom stereocenters. The molecule has 0 aliphatic heterocycles. The van der Waals surface area contributed by atoms with E-state index in [4.69, 9.17) is 9.47 Å². The molecule has 0 aliphatic rings. The van der Waals surface area contributed by atoms with E-state index < -0.39 is 108 Å². The van der Waals surface area contributed by atoms with Gasteiger partial charge in [-0.05, 0) is 104 Å². The molecule has 0 fully saturated rings. The molecule has 0 aromatic heterocycles. The van der Waals surface area contributed by atoms with Gasteiger partial charge in [-0.25, -0.2) is 8.42 Å². The number of sulfone groups is 1. The second-order valence-electron chi connectivity index (χ2n) is 15.2. The Balaban J connectivity index is 1.84. The van der Waals surface area contributed by atoms with Gasteiger partial charge >= 0.3 is 0 Å². The van der Waals surface area contributed by atoms with Crippen LogP contribution >= 0.6 is 0 Å². The van der Waals surface area contributed by atoms with Crippen molar-refractivity contribution in [3.63, 3.8) is 0 Å². The molecule has 0 heterocycles. The quantitative estimate of drug-likeness (QED) is 0.104. The Morgan fingerprint density at radius 2 is 0.860 bits per heavy atom. The molecule has 4 N–H and O–H groups in total. The minimum absolute atomic E-state index is 0.115. The van der Waals surface area contributed by atoms with Crippen molar-refractivity contribution in [2.45, 2.75) is 108 Å². The first-order valence-corrected chi connectivity index (χ1v) is 23.9. The van der Waals surface area contributed by atoms with E-state index in [1.165, 1.54) is 24.3 Å². The molecule has 0 bridgehead atoms. The van der Waals surface area contributed by atoms with Gasteiger partial charge in [0.2, 0.25) is 9.84 Å². The van der Waals surface area contributed by atoms with Crippen LogP contribution in [0.15, 0.2) is 102 Å². The van der Waals surface area contributed by atoms with Crippen molar-refractivity contribution in [3.05, 3.63) is 89.5 Å². The van der Waals surface area contributed by atoms with E-state index in [0.29, 0.717) is 18.6 Å². The lowest BCUT2D eigenvalue weighted by molar-refractivity contribution is 0.126. The van der Waals surface area contributed by atoms with Crippen molar-refractivity contribution in [1.29, 1.82) is 0 Å². The molecule has 0 aliphatic carbocycles. The van der Waals surface area contributed by atoms with Crippen LogP contribution in [0, 0.1) is 0 Å². The van der Waals surface area contributed by atoms with Gasteiger partial charge < -0.3 is 9.47 Å². The summed E-state index contributed by atoms with van der Waals surface area (Å²) in [5, 5.41) is 0. The van der Waals surface area contributed by atoms with Crippen molar-refractivity contribution in [1.82, 2.24) is 0 Å². The third-order valence-corrected chi connectivity index (χ3v) is 14.4. The normalized spacial score (nSPS) is 13.7. The summed E-state index contributed by atoms with van der Waals surface area (Å²) in [6.45, 7) is 13.2. The molecule has 4 rings (SSSR count). The lowest BCUT2D eigenvalue weighted by atomic mass is 9.78. The highest BCUT2D eigenvalue weighted by Gasteiger charge is 2.33. The van der Waals surface area contributed by atoms with Crippen LogP contribution in [0.1, 0.15) is 78.5 Å². The second kappa shape index (κ2) is 15.0. The zero-order chi connectivity index (χ0) is 43.5. The largest absolute Gasteiger partial charge is 0.487 e. The number of benzene rings is 4. The first-order chi connectivity index (χ1) is 25.6. The summed E-state index contributed by atoms with van der Waals surface area (Å²) in [6, 6.07) is 12.3. The predicted molar refractivity (Wildman–Crippen MR) is 206 cm³/mol. The summed E-state index contributed by atoms with van der Waals surface area (Å²) in [5.41, 5.74) is -2.43. The Hall–Kier alpha value is -3.93. The minimum Gasteiger partial charge on any atom is -0.487 e. The molecule has 0 spiro atoms. The zero-order valence-corrected chi connectivity index (χ0v) is 35.9. The van der Waals surface area contributed by atoms with Crippen molar-refractivity contribution in [2.75, 3.05) is 0 Å². The van der Waals surface area contributed by atoms with E-state index in [1.54, 1.807) is 55.4 Å². The molecule has 0 radical (unpaired) electrons. The molecular weight excluding hydrogens is 849 g/mol. The van der Waals surface area contributed by atoms with Crippen LogP contribution in [0.4, 0.5) is 0 Å². The van der Waals surface area contributed by atoms with Crippen molar-refractivity contribution in [2.24, 2.45) is 0 Å². The standard InChI is InChI=1S/C36H42O16S5/c1-9-35(5,6)26-14-12-24(20-30(26)54(39,40)41)53(37,38)25-13-17-28(33(21-25)57(48,49)50)51-27-15-10-22(18-31(27)55(42,43)44)36(7,8)23-11-16-29(52-34(2,3)4)32(19-23)56(45,46)47/h10-21H,9H2,1-8H3,(H,39,40,41)(H,42,43,44)(H,45,46,47)(H,48,49,50). The van der Waals surface area contributed by atoms with E-state index in [-0.39, 0.29) is 22.4 Å². The van der Waals surface area contributed by atoms with Gasteiger partial charge in [0, 0.05) is 5.41 Å².